The molecule has 1 N–H and O–H groups in total. The number of pyridine rings is 1. The maximum absolute atomic E-state index is 13.5. The van der Waals surface area contributed by atoms with Gasteiger partial charge < -0.3 is 4.74 Å². The Kier molecular flexibility index (Phi) is 5.11. The molecule has 0 radical (unpaired) electrons. The zero-order chi connectivity index (χ0) is 18.8. The summed E-state index contributed by atoms with van der Waals surface area (Å²) in [5.41, 5.74) is 2.51. The Hall–Kier alpha value is -2.42. The zero-order valence-electron chi connectivity index (χ0n) is 14.9. The second-order valence-corrected chi connectivity index (χ2v) is 7.32. The minimum atomic E-state index is -0.375. The van der Waals surface area contributed by atoms with Gasteiger partial charge >= 0.3 is 0 Å². The summed E-state index contributed by atoms with van der Waals surface area (Å²) >= 11 is 1.40. The van der Waals surface area contributed by atoms with E-state index in [4.69, 9.17) is 4.74 Å². The van der Waals surface area contributed by atoms with Gasteiger partial charge in [0.15, 0.2) is 5.13 Å². The van der Waals surface area contributed by atoms with E-state index in [2.05, 4.69) is 20.2 Å². The van der Waals surface area contributed by atoms with Gasteiger partial charge in [-0.3, -0.25) is 20.0 Å². The number of nitrogens with one attached hydrogen (secondary N) is 1. The van der Waals surface area contributed by atoms with Gasteiger partial charge in [0.05, 0.1) is 30.0 Å². The molecule has 0 saturated carbocycles. The van der Waals surface area contributed by atoms with E-state index >= 15 is 0 Å². The van der Waals surface area contributed by atoms with E-state index in [-0.39, 0.29) is 11.7 Å². The third kappa shape index (κ3) is 4.13. The fourth-order valence-electron chi connectivity index (χ4n) is 3.11. The molecule has 1 amide bonds. The molecule has 8 heteroatoms. The SMILES string of the molecule is Cc1cc(C(=O)Nc2nc(CN3CCOCC3)cs2)c2ccc(F)cc2n1. The van der Waals surface area contributed by atoms with Crippen LogP contribution < -0.4 is 5.32 Å². The van der Waals surface area contributed by atoms with Crippen LogP contribution >= 0.6 is 11.3 Å². The van der Waals surface area contributed by atoms with Gasteiger partial charge in [0.25, 0.3) is 5.91 Å². The maximum atomic E-state index is 13.5. The summed E-state index contributed by atoms with van der Waals surface area (Å²) in [5, 5.41) is 5.97. The molecule has 3 heterocycles. The summed E-state index contributed by atoms with van der Waals surface area (Å²) in [4.78, 5) is 23.9. The Morgan fingerprint density at radius 2 is 2.11 bits per heavy atom. The van der Waals surface area contributed by atoms with Gasteiger partial charge in [-0.05, 0) is 25.1 Å². The second-order valence-electron chi connectivity index (χ2n) is 6.46. The Bertz CT molecular complexity index is 980. The Balaban J connectivity index is 1.52. The number of fused-ring (bicyclic) bond motifs is 1. The lowest BCUT2D eigenvalue weighted by Gasteiger charge is -2.25. The molecule has 1 aliphatic heterocycles. The summed E-state index contributed by atoms with van der Waals surface area (Å²) in [7, 11) is 0. The van der Waals surface area contributed by atoms with E-state index in [0.29, 0.717) is 27.3 Å². The van der Waals surface area contributed by atoms with Crippen molar-refractivity contribution in [2.75, 3.05) is 31.6 Å². The van der Waals surface area contributed by atoms with Crippen molar-refractivity contribution < 1.29 is 13.9 Å². The Morgan fingerprint density at radius 3 is 2.93 bits per heavy atom. The number of amides is 1. The predicted octanol–water partition coefficient (Wildman–Crippen LogP) is 3.22. The monoisotopic (exact) mass is 386 g/mol. The molecular formula is C19H19FN4O2S. The standard InChI is InChI=1S/C19H19FN4O2S/c1-12-8-16(15-3-2-13(20)9-17(15)21-12)18(25)23-19-22-14(11-27-19)10-24-4-6-26-7-5-24/h2-3,8-9,11H,4-7,10H2,1H3,(H,22,23,25). The third-order valence-corrected chi connectivity index (χ3v) is 5.21. The fraction of sp³-hybridized carbons (Fsp3) is 0.316. The van der Waals surface area contributed by atoms with Gasteiger partial charge in [-0.1, -0.05) is 0 Å². The number of anilines is 1. The lowest BCUT2D eigenvalue weighted by Crippen LogP contribution is -2.35. The number of morpholine rings is 1. The number of nitrogens with zero attached hydrogens (tertiary/aromatic N) is 3. The average molecular weight is 386 g/mol. The summed E-state index contributed by atoms with van der Waals surface area (Å²) in [6.07, 6.45) is 0. The normalized spacial score (nSPS) is 15.2. The Labute approximate surface area is 160 Å². The van der Waals surface area contributed by atoms with Crippen LogP contribution in [0.2, 0.25) is 0 Å². The number of aryl methyl sites for hydroxylation is 1. The van der Waals surface area contributed by atoms with Crippen molar-refractivity contribution in [3.8, 4) is 0 Å². The van der Waals surface area contributed by atoms with E-state index in [1.165, 1.54) is 23.5 Å². The summed E-state index contributed by atoms with van der Waals surface area (Å²) in [6.45, 7) is 5.78. The molecule has 0 unspecified atom stereocenters. The molecule has 2 aromatic heterocycles. The first-order valence-corrected chi connectivity index (χ1v) is 9.59. The highest BCUT2D eigenvalue weighted by atomic mass is 32.1. The molecule has 140 valence electrons. The fourth-order valence-corrected chi connectivity index (χ4v) is 3.81. The number of carbonyl (C=O) groups is 1. The molecule has 1 aliphatic rings. The van der Waals surface area contributed by atoms with Crippen LogP contribution in [0.5, 0.6) is 0 Å². The van der Waals surface area contributed by atoms with E-state index in [1.54, 1.807) is 19.1 Å². The number of hydrogen-bond acceptors (Lipinski definition) is 6. The van der Waals surface area contributed by atoms with Gasteiger partial charge in [-0.15, -0.1) is 11.3 Å². The van der Waals surface area contributed by atoms with Crippen LogP contribution in [0.25, 0.3) is 10.9 Å². The molecule has 0 bridgehead atoms. The topological polar surface area (TPSA) is 67.4 Å². The van der Waals surface area contributed by atoms with Crippen molar-refractivity contribution in [3.05, 3.63) is 52.4 Å². The van der Waals surface area contributed by atoms with Crippen LogP contribution in [0, 0.1) is 12.7 Å². The van der Waals surface area contributed by atoms with Crippen LogP contribution in [-0.2, 0) is 11.3 Å². The van der Waals surface area contributed by atoms with Crippen LogP contribution in [0.4, 0.5) is 9.52 Å². The number of thiazole rings is 1. The van der Waals surface area contributed by atoms with Crippen molar-refractivity contribution >= 4 is 33.3 Å². The molecule has 1 saturated heterocycles. The largest absolute Gasteiger partial charge is 0.379 e. The minimum Gasteiger partial charge on any atom is -0.379 e. The van der Waals surface area contributed by atoms with Gasteiger partial charge in [0.1, 0.15) is 5.82 Å². The van der Waals surface area contributed by atoms with Gasteiger partial charge in [0, 0.05) is 42.2 Å². The molecule has 1 aromatic carbocycles. The number of rotatable bonds is 4. The van der Waals surface area contributed by atoms with Gasteiger partial charge in [-0.2, -0.15) is 0 Å². The number of hydrogen-bond donors (Lipinski definition) is 1. The molecule has 6 nitrogen and oxygen atoms in total. The molecule has 1 fully saturated rings. The number of ether oxygens (including phenoxy) is 1. The van der Waals surface area contributed by atoms with Crippen molar-refractivity contribution in [3.63, 3.8) is 0 Å². The van der Waals surface area contributed by atoms with Crippen LogP contribution in [-0.4, -0.2) is 47.1 Å². The van der Waals surface area contributed by atoms with Gasteiger partial charge in [-0.25, -0.2) is 9.37 Å². The van der Waals surface area contributed by atoms with E-state index in [0.717, 1.165) is 38.5 Å². The molecule has 27 heavy (non-hydrogen) atoms. The van der Waals surface area contributed by atoms with Crippen molar-refractivity contribution in [1.82, 2.24) is 14.9 Å². The smallest absolute Gasteiger partial charge is 0.258 e. The molecule has 0 aliphatic carbocycles. The number of benzene rings is 1. The average Bonchev–Trinajstić information content (AvgIpc) is 3.08. The molecule has 4 rings (SSSR count). The first kappa shape index (κ1) is 18.0. The van der Waals surface area contributed by atoms with Crippen molar-refractivity contribution in [2.45, 2.75) is 13.5 Å². The van der Waals surface area contributed by atoms with E-state index < -0.39 is 0 Å². The number of carbonyl (C=O) groups excluding carboxylic acids is 1. The quantitative estimate of drug-likeness (QED) is 0.746. The second kappa shape index (κ2) is 7.67. The number of aromatic nitrogens is 2. The molecule has 3 aromatic rings. The lowest BCUT2D eigenvalue weighted by molar-refractivity contribution is 0.0337. The summed E-state index contributed by atoms with van der Waals surface area (Å²) in [6, 6.07) is 5.96. The first-order chi connectivity index (χ1) is 13.1. The molecular weight excluding hydrogens is 367 g/mol. The van der Waals surface area contributed by atoms with E-state index in [1.807, 2.05) is 5.38 Å². The number of halogens is 1. The summed E-state index contributed by atoms with van der Waals surface area (Å²) in [5.74, 6) is -0.649. The molecule has 0 spiro atoms. The zero-order valence-corrected chi connectivity index (χ0v) is 15.7. The first-order valence-electron chi connectivity index (χ1n) is 8.71. The third-order valence-electron chi connectivity index (χ3n) is 4.41. The van der Waals surface area contributed by atoms with Crippen LogP contribution in [0.1, 0.15) is 21.7 Å². The maximum Gasteiger partial charge on any atom is 0.258 e. The lowest BCUT2D eigenvalue weighted by atomic mass is 10.1. The van der Waals surface area contributed by atoms with Crippen LogP contribution in [0.3, 0.4) is 0 Å². The Morgan fingerprint density at radius 1 is 1.30 bits per heavy atom. The van der Waals surface area contributed by atoms with Crippen molar-refractivity contribution in [2.24, 2.45) is 0 Å². The predicted molar refractivity (Wildman–Crippen MR) is 103 cm³/mol. The van der Waals surface area contributed by atoms with Crippen LogP contribution in [0.15, 0.2) is 29.6 Å². The highest BCUT2D eigenvalue weighted by molar-refractivity contribution is 7.14. The van der Waals surface area contributed by atoms with Gasteiger partial charge in [0.2, 0.25) is 0 Å². The molecule has 0 atom stereocenters. The van der Waals surface area contributed by atoms with E-state index in [9.17, 15) is 9.18 Å². The van der Waals surface area contributed by atoms with Crippen molar-refractivity contribution in [1.29, 1.82) is 0 Å². The highest BCUT2D eigenvalue weighted by Crippen LogP contribution is 2.23. The summed E-state index contributed by atoms with van der Waals surface area (Å²) < 4.78 is 18.8. The highest BCUT2D eigenvalue weighted by Gasteiger charge is 2.16. The minimum absolute atomic E-state index is 0.274.